The molecule has 0 fully saturated rings. The molecule has 0 saturated carbocycles. The second-order valence-electron chi connectivity index (χ2n) is 3.74. The number of rotatable bonds is 5. The first-order valence-electron chi connectivity index (χ1n) is 5.30. The van der Waals surface area contributed by atoms with Gasteiger partial charge in [0.25, 0.3) is 5.91 Å². The van der Waals surface area contributed by atoms with Crippen LogP contribution in [0.5, 0.6) is 0 Å². The number of aliphatic hydroxyl groups excluding tert-OH is 1. The van der Waals surface area contributed by atoms with E-state index in [1.807, 2.05) is 11.7 Å². The van der Waals surface area contributed by atoms with Gasteiger partial charge < -0.3 is 16.2 Å². The molecule has 0 unspecified atom stereocenters. The van der Waals surface area contributed by atoms with Crippen LogP contribution in [0, 0.1) is 0 Å². The van der Waals surface area contributed by atoms with E-state index < -0.39 is 18.0 Å². The Kier molecular flexibility index (Phi) is 5.02. The summed E-state index contributed by atoms with van der Waals surface area (Å²) in [6.45, 7) is 1.51. The summed E-state index contributed by atoms with van der Waals surface area (Å²) in [4.78, 5) is 22.2. The molecule has 0 aromatic carbocycles. The zero-order valence-corrected chi connectivity index (χ0v) is 11.0. The number of nitrogens with two attached hydrogens (primary N) is 1. The van der Waals surface area contributed by atoms with Crippen LogP contribution < -0.4 is 16.5 Å². The number of hydrazone groups is 1. The van der Waals surface area contributed by atoms with Crippen molar-refractivity contribution in [2.75, 3.05) is 12.0 Å². The van der Waals surface area contributed by atoms with Gasteiger partial charge in [0.1, 0.15) is 11.3 Å². The number of nitrogens with zero attached hydrogens (tertiary/aromatic N) is 1. The van der Waals surface area contributed by atoms with Crippen molar-refractivity contribution in [2.24, 2.45) is 10.8 Å². The van der Waals surface area contributed by atoms with Crippen LogP contribution in [0.3, 0.4) is 0 Å². The Bertz CT molecular complexity index is 419. The topological polar surface area (TPSA) is 117 Å². The highest BCUT2D eigenvalue weighted by Crippen LogP contribution is 2.19. The maximum atomic E-state index is 11.7. The number of nitrogens with one attached hydrogen (secondary N) is 2. The van der Waals surface area contributed by atoms with E-state index in [2.05, 4.69) is 10.4 Å². The van der Waals surface area contributed by atoms with Crippen LogP contribution in [0.25, 0.3) is 0 Å². The average molecular weight is 272 g/mol. The van der Waals surface area contributed by atoms with E-state index in [0.717, 1.165) is 5.75 Å². The Balaban J connectivity index is 2.84. The van der Waals surface area contributed by atoms with Gasteiger partial charge in [-0.15, -0.1) is 0 Å². The average Bonchev–Trinajstić information content (AvgIpc) is 2.59. The predicted octanol–water partition coefficient (Wildman–Crippen LogP) is 0.0942. The summed E-state index contributed by atoms with van der Waals surface area (Å²) in [5, 5.41) is 16.2. The first kappa shape index (κ1) is 14.4. The van der Waals surface area contributed by atoms with E-state index in [9.17, 15) is 14.7 Å². The second kappa shape index (κ2) is 6.29. The molecular weight excluding hydrogens is 256 g/mol. The molecule has 0 saturated heterocycles. The third-order valence-electron chi connectivity index (χ3n) is 2.42. The number of carbonyl (C=O) groups excluding carboxylic acids is 2. The third-order valence-corrected chi connectivity index (χ3v) is 3.07. The quantitative estimate of drug-likeness (QED) is 0.419. The Hall–Kier alpha value is -1.70. The van der Waals surface area contributed by atoms with Crippen LogP contribution >= 0.6 is 11.8 Å². The third kappa shape index (κ3) is 3.39. The van der Waals surface area contributed by atoms with E-state index in [0.29, 0.717) is 6.42 Å². The SMILES string of the molecule is CSCC[C@@H]1NC(=O)C(/C(C)=N/NC(N)=O)=C1O. The molecular formula is C10H16N4O3S. The second-order valence-corrected chi connectivity index (χ2v) is 4.73. The molecule has 7 nitrogen and oxygen atoms in total. The molecule has 18 heavy (non-hydrogen) atoms. The van der Waals surface area contributed by atoms with Crippen molar-refractivity contribution in [2.45, 2.75) is 19.4 Å². The first-order valence-corrected chi connectivity index (χ1v) is 6.69. The predicted molar refractivity (Wildman–Crippen MR) is 70.4 cm³/mol. The lowest BCUT2D eigenvalue weighted by Crippen LogP contribution is -2.30. The monoisotopic (exact) mass is 272 g/mol. The molecule has 1 atom stereocenters. The van der Waals surface area contributed by atoms with Crippen molar-refractivity contribution < 1.29 is 14.7 Å². The number of amides is 3. The fourth-order valence-corrected chi connectivity index (χ4v) is 2.05. The van der Waals surface area contributed by atoms with Gasteiger partial charge in [-0.2, -0.15) is 16.9 Å². The Morgan fingerprint density at radius 2 is 2.33 bits per heavy atom. The number of hydrogen-bond donors (Lipinski definition) is 4. The van der Waals surface area contributed by atoms with Crippen molar-refractivity contribution in [3.8, 4) is 0 Å². The first-order chi connectivity index (χ1) is 8.47. The lowest BCUT2D eigenvalue weighted by molar-refractivity contribution is -0.116. The molecule has 0 bridgehead atoms. The van der Waals surface area contributed by atoms with Crippen molar-refractivity contribution >= 4 is 29.4 Å². The number of carbonyl (C=O) groups is 2. The molecule has 1 heterocycles. The van der Waals surface area contributed by atoms with E-state index in [4.69, 9.17) is 5.73 Å². The van der Waals surface area contributed by atoms with E-state index in [1.165, 1.54) is 6.92 Å². The number of hydrogen-bond acceptors (Lipinski definition) is 5. The fourth-order valence-electron chi connectivity index (χ4n) is 1.58. The molecule has 100 valence electrons. The Labute approximate surface area is 109 Å². The van der Waals surface area contributed by atoms with Crippen molar-refractivity contribution in [1.82, 2.24) is 10.7 Å². The van der Waals surface area contributed by atoms with Gasteiger partial charge in [0.05, 0.1) is 11.8 Å². The molecule has 0 aliphatic carbocycles. The Morgan fingerprint density at radius 3 is 2.89 bits per heavy atom. The molecule has 3 amide bonds. The lowest BCUT2D eigenvalue weighted by Gasteiger charge is -2.09. The van der Waals surface area contributed by atoms with E-state index in [1.54, 1.807) is 11.8 Å². The Morgan fingerprint density at radius 1 is 1.67 bits per heavy atom. The molecule has 0 aromatic rings. The number of urea groups is 1. The summed E-state index contributed by atoms with van der Waals surface area (Å²) >= 11 is 1.63. The summed E-state index contributed by atoms with van der Waals surface area (Å²) in [6, 6.07) is -1.22. The standard InChI is InChI=1S/C10H16N4O3S/c1-5(13-14-10(11)17)7-8(15)6(3-4-18-2)12-9(7)16/h6,15H,3-4H2,1-2H3,(H,12,16)(H3,11,14,17)/b13-5+/t6-/m0/s1. The summed E-state index contributed by atoms with van der Waals surface area (Å²) in [5.74, 6) is 0.380. The molecule has 5 N–H and O–H groups in total. The van der Waals surface area contributed by atoms with Gasteiger partial charge in [-0.25, -0.2) is 10.2 Å². The minimum atomic E-state index is -0.827. The molecule has 1 aliphatic heterocycles. The van der Waals surface area contributed by atoms with Gasteiger partial charge in [0.15, 0.2) is 0 Å². The lowest BCUT2D eigenvalue weighted by atomic mass is 10.1. The minimum absolute atomic E-state index is 0.0402. The summed E-state index contributed by atoms with van der Waals surface area (Å²) < 4.78 is 0. The molecule has 8 heteroatoms. The zero-order chi connectivity index (χ0) is 13.7. The smallest absolute Gasteiger partial charge is 0.332 e. The number of primary amides is 1. The highest BCUT2D eigenvalue weighted by Gasteiger charge is 2.32. The molecule has 0 radical (unpaired) electrons. The van der Waals surface area contributed by atoms with Gasteiger partial charge in [0.2, 0.25) is 0 Å². The van der Waals surface area contributed by atoms with Gasteiger partial charge >= 0.3 is 6.03 Å². The van der Waals surface area contributed by atoms with Crippen LogP contribution in [0.4, 0.5) is 4.79 Å². The van der Waals surface area contributed by atoms with Crippen molar-refractivity contribution in [3.05, 3.63) is 11.3 Å². The van der Waals surface area contributed by atoms with Gasteiger partial charge in [-0.05, 0) is 25.4 Å². The molecule has 0 aromatic heterocycles. The fraction of sp³-hybridized carbons (Fsp3) is 0.500. The van der Waals surface area contributed by atoms with Crippen molar-refractivity contribution in [3.63, 3.8) is 0 Å². The molecule has 0 spiro atoms. The maximum Gasteiger partial charge on any atom is 0.332 e. The summed E-state index contributed by atoms with van der Waals surface area (Å²) in [7, 11) is 0. The van der Waals surface area contributed by atoms with Crippen LogP contribution in [0.1, 0.15) is 13.3 Å². The minimum Gasteiger partial charge on any atom is -0.509 e. The highest BCUT2D eigenvalue weighted by atomic mass is 32.2. The highest BCUT2D eigenvalue weighted by molar-refractivity contribution is 7.98. The van der Waals surface area contributed by atoms with Crippen LogP contribution in [0.2, 0.25) is 0 Å². The van der Waals surface area contributed by atoms with Gasteiger partial charge in [-0.3, -0.25) is 4.79 Å². The van der Waals surface area contributed by atoms with E-state index in [-0.39, 0.29) is 17.0 Å². The van der Waals surface area contributed by atoms with Crippen LogP contribution in [-0.2, 0) is 4.79 Å². The number of aliphatic hydroxyl groups is 1. The summed E-state index contributed by atoms with van der Waals surface area (Å²) in [6.07, 6.45) is 2.58. The van der Waals surface area contributed by atoms with Gasteiger partial charge in [0, 0.05) is 0 Å². The number of thioether (sulfide) groups is 1. The normalized spacial score (nSPS) is 20.0. The largest absolute Gasteiger partial charge is 0.509 e. The van der Waals surface area contributed by atoms with E-state index >= 15 is 0 Å². The summed E-state index contributed by atoms with van der Waals surface area (Å²) in [5.41, 5.74) is 7.19. The maximum absolute atomic E-state index is 11.7. The van der Waals surface area contributed by atoms with Crippen LogP contribution in [0.15, 0.2) is 16.4 Å². The molecule has 1 aliphatic rings. The zero-order valence-electron chi connectivity index (χ0n) is 10.2. The van der Waals surface area contributed by atoms with Crippen LogP contribution in [-0.4, -0.2) is 40.8 Å². The van der Waals surface area contributed by atoms with Crippen molar-refractivity contribution in [1.29, 1.82) is 0 Å². The molecule has 1 rings (SSSR count). The van der Waals surface area contributed by atoms with Gasteiger partial charge in [-0.1, -0.05) is 0 Å².